The van der Waals surface area contributed by atoms with E-state index in [9.17, 15) is 13.2 Å². The zero-order chi connectivity index (χ0) is 18.5. The van der Waals surface area contributed by atoms with Crippen LogP contribution in [0.5, 0.6) is 0 Å². The highest BCUT2D eigenvalue weighted by Gasteiger charge is 2.32. The third kappa shape index (κ3) is 3.28. The number of ketones is 1. The Labute approximate surface area is 158 Å². The van der Waals surface area contributed by atoms with Crippen LogP contribution in [0, 0.1) is 13.8 Å². The van der Waals surface area contributed by atoms with Crippen molar-refractivity contribution in [2.45, 2.75) is 39.3 Å². The first kappa shape index (κ1) is 17.9. The van der Waals surface area contributed by atoms with E-state index in [2.05, 4.69) is 20.9 Å². The summed E-state index contributed by atoms with van der Waals surface area (Å²) in [5.74, 6) is 0.558. The van der Waals surface area contributed by atoms with Crippen LogP contribution in [0.2, 0.25) is 0 Å². The van der Waals surface area contributed by atoms with Crippen LogP contribution in [0.4, 0.5) is 0 Å². The molecule has 0 spiro atoms. The molecule has 2 aromatic rings. The van der Waals surface area contributed by atoms with Crippen LogP contribution in [0.3, 0.4) is 0 Å². The fraction of sp³-hybridized carbons (Fsp3) is 0.526. The Balaban J connectivity index is 1.51. The number of sulfone groups is 1. The summed E-state index contributed by atoms with van der Waals surface area (Å²) in [4.78, 5) is 16.6. The van der Waals surface area contributed by atoms with Gasteiger partial charge in [0.25, 0.3) is 0 Å². The summed E-state index contributed by atoms with van der Waals surface area (Å²) in [7, 11) is -2.95. The van der Waals surface area contributed by atoms with Crippen molar-refractivity contribution < 1.29 is 13.2 Å². The zero-order valence-electron chi connectivity index (χ0n) is 15.2. The van der Waals surface area contributed by atoms with Crippen molar-refractivity contribution in [3.8, 4) is 0 Å². The standard InChI is InChI=1S/C19H24N2O3S2/c1-13-9-17(14(2)21(13)16-5-8-26(23,24)12-16)18(22)11-20-6-3-19-15(10-20)4-7-25-19/h4,7,9,16H,3,5-6,8,10-12H2,1-2H3. The molecule has 0 aliphatic carbocycles. The number of aryl methyl sites for hydroxylation is 1. The Morgan fingerprint density at radius 1 is 1.35 bits per heavy atom. The molecule has 0 radical (unpaired) electrons. The molecule has 2 aliphatic heterocycles. The van der Waals surface area contributed by atoms with Gasteiger partial charge in [0.05, 0.1) is 18.1 Å². The summed E-state index contributed by atoms with van der Waals surface area (Å²) in [6, 6.07) is 4.05. The number of thiophene rings is 1. The van der Waals surface area contributed by atoms with E-state index in [1.165, 1.54) is 10.4 Å². The number of hydrogen-bond acceptors (Lipinski definition) is 5. The van der Waals surface area contributed by atoms with Gasteiger partial charge in [0.2, 0.25) is 0 Å². The van der Waals surface area contributed by atoms with E-state index in [1.807, 2.05) is 19.9 Å². The van der Waals surface area contributed by atoms with Crippen molar-refractivity contribution in [2.24, 2.45) is 0 Å². The lowest BCUT2D eigenvalue weighted by atomic mass is 10.1. The van der Waals surface area contributed by atoms with Crippen LogP contribution in [0.15, 0.2) is 17.5 Å². The molecule has 0 saturated carbocycles. The minimum atomic E-state index is -2.95. The van der Waals surface area contributed by atoms with Crippen LogP contribution < -0.4 is 0 Å². The second-order valence-electron chi connectivity index (χ2n) is 7.46. The predicted octanol–water partition coefficient (Wildman–Crippen LogP) is 2.77. The number of aromatic nitrogens is 1. The molecular formula is C19H24N2O3S2. The van der Waals surface area contributed by atoms with Crippen molar-refractivity contribution >= 4 is 27.0 Å². The second kappa shape index (κ2) is 6.62. The molecular weight excluding hydrogens is 368 g/mol. The van der Waals surface area contributed by atoms with Gasteiger partial charge in [-0.15, -0.1) is 11.3 Å². The lowest BCUT2D eigenvalue weighted by molar-refractivity contribution is 0.0921. The molecule has 2 aromatic heterocycles. The Bertz CT molecular complexity index is 956. The number of Topliss-reactive ketones (excluding diaryl/α,β-unsaturated/α-hetero) is 1. The molecule has 1 saturated heterocycles. The minimum absolute atomic E-state index is 0.0371. The van der Waals surface area contributed by atoms with Crippen molar-refractivity contribution in [3.63, 3.8) is 0 Å². The molecule has 7 heteroatoms. The first-order valence-electron chi connectivity index (χ1n) is 9.04. The lowest BCUT2D eigenvalue weighted by Crippen LogP contribution is -2.34. The molecule has 0 amide bonds. The maximum Gasteiger partial charge on any atom is 0.178 e. The number of nitrogens with zero attached hydrogens (tertiary/aromatic N) is 2. The highest BCUT2D eigenvalue weighted by Crippen LogP contribution is 2.30. The van der Waals surface area contributed by atoms with Gasteiger partial charge in [-0.1, -0.05) is 0 Å². The molecule has 0 N–H and O–H groups in total. The van der Waals surface area contributed by atoms with Crippen LogP contribution in [0.25, 0.3) is 0 Å². The van der Waals surface area contributed by atoms with Gasteiger partial charge in [0.1, 0.15) is 0 Å². The van der Waals surface area contributed by atoms with E-state index in [1.54, 1.807) is 11.3 Å². The highest BCUT2D eigenvalue weighted by atomic mass is 32.2. The first-order chi connectivity index (χ1) is 12.3. The lowest BCUT2D eigenvalue weighted by Gasteiger charge is -2.26. The molecule has 0 bridgehead atoms. The molecule has 140 valence electrons. The topological polar surface area (TPSA) is 59.4 Å². The van der Waals surface area contributed by atoms with Crippen molar-refractivity contribution in [2.75, 3.05) is 24.6 Å². The molecule has 1 unspecified atom stereocenters. The van der Waals surface area contributed by atoms with Crippen LogP contribution in [-0.4, -0.2) is 48.3 Å². The maximum absolute atomic E-state index is 12.9. The van der Waals surface area contributed by atoms with E-state index >= 15 is 0 Å². The minimum Gasteiger partial charge on any atom is -0.344 e. The van der Waals surface area contributed by atoms with Gasteiger partial charge in [-0.3, -0.25) is 9.69 Å². The summed E-state index contributed by atoms with van der Waals surface area (Å²) >= 11 is 1.80. The van der Waals surface area contributed by atoms with E-state index in [0.717, 1.165) is 36.5 Å². The summed E-state index contributed by atoms with van der Waals surface area (Å²) < 4.78 is 25.7. The third-order valence-electron chi connectivity index (χ3n) is 5.61. The van der Waals surface area contributed by atoms with E-state index in [0.29, 0.717) is 13.0 Å². The SMILES string of the molecule is Cc1cc(C(=O)CN2CCc3sccc3C2)c(C)n1C1CCS(=O)(=O)C1. The molecule has 0 aromatic carbocycles. The number of carbonyl (C=O) groups is 1. The van der Waals surface area contributed by atoms with Crippen molar-refractivity contribution in [1.82, 2.24) is 9.47 Å². The molecule has 1 atom stereocenters. The Hall–Kier alpha value is -1.44. The summed E-state index contributed by atoms with van der Waals surface area (Å²) in [6.07, 6.45) is 1.65. The van der Waals surface area contributed by atoms with Crippen LogP contribution in [-0.2, 0) is 22.8 Å². The second-order valence-corrected chi connectivity index (χ2v) is 10.7. The van der Waals surface area contributed by atoms with Crippen molar-refractivity contribution in [3.05, 3.63) is 44.9 Å². The van der Waals surface area contributed by atoms with Gasteiger partial charge in [-0.05, 0) is 49.8 Å². The van der Waals surface area contributed by atoms with Crippen LogP contribution in [0.1, 0.15) is 44.6 Å². The fourth-order valence-corrected chi connectivity index (χ4v) is 6.92. The summed E-state index contributed by atoms with van der Waals surface area (Å²) in [6.45, 7) is 6.08. The van der Waals surface area contributed by atoms with Gasteiger partial charge in [0, 0.05) is 41.0 Å². The predicted molar refractivity (Wildman–Crippen MR) is 104 cm³/mol. The largest absolute Gasteiger partial charge is 0.344 e. The number of hydrogen-bond donors (Lipinski definition) is 0. The first-order valence-corrected chi connectivity index (χ1v) is 11.7. The molecule has 4 rings (SSSR count). The fourth-order valence-electron chi connectivity index (χ4n) is 4.33. The number of fused-ring (bicyclic) bond motifs is 1. The average Bonchev–Trinajstić information content (AvgIpc) is 3.24. The zero-order valence-corrected chi connectivity index (χ0v) is 16.8. The smallest absolute Gasteiger partial charge is 0.178 e. The van der Waals surface area contributed by atoms with Gasteiger partial charge in [0.15, 0.2) is 15.6 Å². The Morgan fingerprint density at radius 3 is 2.88 bits per heavy atom. The molecule has 26 heavy (non-hydrogen) atoms. The van der Waals surface area contributed by atoms with Crippen molar-refractivity contribution in [1.29, 1.82) is 0 Å². The van der Waals surface area contributed by atoms with Gasteiger partial charge >= 0.3 is 0 Å². The summed E-state index contributed by atoms with van der Waals surface area (Å²) in [5.41, 5.74) is 3.97. The molecule has 4 heterocycles. The Kier molecular flexibility index (Phi) is 4.57. The van der Waals surface area contributed by atoms with Gasteiger partial charge in [-0.25, -0.2) is 8.42 Å². The van der Waals surface area contributed by atoms with Gasteiger partial charge < -0.3 is 4.57 Å². The van der Waals surface area contributed by atoms with Crippen LogP contribution >= 0.6 is 11.3 Å². The average molecular weight is 393 g/mol. The highest BCUT2D eigenvalue weighted by molar-refractivity contribution is 7.91. The van der Waals surface area contributed by atoms with E-state index in [-0.39, 0.29) is 23.3 Å². The molecule has 2 aliphatic rings. The monoisotopic (exact) mass is 392 g/mol. The summed E-state index contributed by atoms with van der Waals surface area (Å²) in [5, 5.41) is 2.12. The maximum atomic E-state index is 12.9. The third-order valence-corrected chi connectivity index (χ3v) is 8.39. The van der Waals surface area contributed by atoms with E-state index in [4.69, 9.17) is 0 Å². The normalized spacial score (nSPS) is 22.5. The quantitative estimate of drug-likeness (QED) is 0.751. The number of carbonyl (C=O) groups excluding carboxylic acids is 1. The molecule has 5 nitrogen and oxygen atoms in total. The Morgan fingerprint density at radius 2 is 2.15 bits per heavy atom. The van der Waals surface area contributed by atoms with E-state index < -0.39 is 9.84 Å². The number of rotatable bonds is 4. The van der Waals surface area contributed by atoms with Gasteiger partial charge in [-0.2, -0.15) is 0 Å². The molecule has 1 fully saturated rings.